The van der Waals surface area contributed by atoms with Crippen LogP contribution in [0.15, 0.2) is 60.7 Å². The van der Waals surface area contributed by atoms with Crippen molar-refractivity contribution in [3.8, 4) is 5.75 Å². The molecule has 0 fully saturated rings. The minimum atomic E-state index is 0.110. The molecule has 0 aliphatic rings. The first-order valence-corrected chi connectivity index (χ1v) is 7.89. The van der Waals surface area contributed by atoms with Crippen LogP contribution in [0.5, 0.6) is 5.75 Å². The first-order chi connectivity index (χ1) is 10.2. The van der Waals surface area contributed by atoms with Crippen LogP contribution in [0.2, 0.25) is 0 Å². The van der Waals surface area contributed by atoms with Crippen LogP contribution in [0.1, 0.15) is 21.5 Å². The molecule has 0 bridgehead atoms. The molecule has 0 saturated heterocycles. The second-order valence-electron chi connectivity index (χ2n) is 5.12. The summed E-state index contributed by atoms with van der Waals surface area (Å²) in [5, 5.41) is 2.58. The molecule has 1 atom stereocenters. The number of aryl methyl sites for hydroxylation is 1. The Bertz CT molecular complexity index is 779. The molecule has 21 heavy (non-hydrogen) atoms. The van der Waals surface area contributed by atoms with Gasteiger partial charge in [0.1, 0.15) is 5.75 Å². The quantitative estimate of drug-likeness (QED) is 0.560. The summed E-state index contributed by atoms with van der Waals surface area (Å²) in [4.78, 5) is 0.110. The molecule has 0 N–H and O–H groups in total. The van der Waals surface area contributed by atoms with Crippen molar-refractivity contribution in [2.45, 2.75) is 11.8 Å². The van der Waals surface area contributed by atoms with E-state index in [4.69, 9.17) is 4.74 Å². The summed E-state index contributed by atoms with van der Waals surface area (Å²) in [6, 6.07) is 21.1. The number of alkyl halides is 1. The van der Waals surface area contributed by atoms with Crippen molar-refractivity contribution in [1.82, 2.24) is 0 Å². The lowest BCUT2D eigenvalue weighted by molar-refractivity contribution is 0.410. The van der Waals surface area contributed by atoms with Crippen LogP contribution in [-0.2, 0) is 0 Å². The zero-order chi connectivity index (χ0) is 14.8. The number of ether oxygens (including phenoxy) is 1. The van der Waals surface area contributed by atoms with Gasteiger partial charge in [-0.3, -0.25) is 0 Å². The summed E-state index contributed by atoms with van der Waals surface area (Å²) in [5.41, 5.74) is 3.71. The van der Waals surface area contributed by atoms with Gasteiger partial charge in [0.25, 0.3) is 0 Å². The van der Waals surface area contributed by atoms with E-state index in [0.717, 1.165) is 11.3 Å². The maximum Gasteiger partial charge on any atom is 0.123 e. The Morgan fingerprint density at radius 2 is 1.48 bits per heavy atom. The third-order valence-electron chi connectivity index (χ3n) is 3.86. The fraction of sp³-hybridized carbons (Fsp3) is 0.158. The molecule has 0 amide bonds. The van der Waals surface area contributed by atoms with Crippen molar-refractivity contribution < 1.29 is 4.74 Å². The highest BCUT2D eigenvalue weighted by molar-refractivity contribution is 9.09. The van der Waals surface area contributed by atoms with Crippen molar-refractivity contribution in [2.24, 2.45) is 0 Å². The van der Waals surface area contributed by atoms with E-state index in [-0.39, 0.29) is 4.83 Å². The topological polar surface area (TPSA) is 9.23 Å². The highest BCUT2D eigenvalue weighted by Gasteiger charge is 2.17. The number of fused-ring (bicyclic) bond motifs is 1. The predicted molar refractivity (Wildman–Crippen MR) is 92.4 cm³/mol. The zero-order valence-electron chi connectivity index (χ0n) is 12.1. The molecule has 106 valence electrons. The largest absolute Gasteiger partial charge is 0.496 e. The van der Waals surface area contributed by atoms with Gasteiger partial charge in [-0.2, -0.15) is 0 Å². The lowest BCUT2D eigenvalue weighted by Gasteiger charge is -2.17. The lowest BCUT2D eigenvalue weighted by Crippen LogP contribution is -1.98. The fourth-order valence-electron chi connectivity index (χ4n) is 2.74. The Hall–Kier alpha value is -1.80. The number of hydrogen-bond acceptors (Lipinski definition) is 1. The molecule has 0 radical (unpaired) electrons. The van der Waals surface area contributed by atoms with E-state index in [2.05, 4.69) is 65.3 Å². The van der Waals surface area contributed by atoms with E-state index in [1.165, 1.54) is 21.9 Å². The summed E-state index contributed by atoms with van der Waals surface area (Å²) in [6.07, 6.45) is 0. The molecule has 2 heteroatoms. The molecule has 3 aromatic rings. The third-order valence-corrected chi connectivity index (χ3v) is 4.85. The molecule has 3 rings (SSSR count). The maximum atomic E-state index is 5.49. The average molecular weight is 341 g/mol. The smallest absolute Gasteiger partial charge is 0.123 e. The van der Waals surface area contributed by atoms with Crippen molar-refractivity contribution in [3.63, 3.8) is 0 Å². The number of rotatable bonds is 3. The van der Waals surface area contributed by atoms with Gasteiger partial charge in [-0.05, 0) is 34.9 Å². The molecule has 0 aliphatic heterocycles. The van der Waals surface area contributed by atoms with Crippen LogP contribution in [-0.4, -0.2) is 7.11 Å². The number of para-hydroxylation sites is 1. The summed E-state index contributed by atoms with van der Waals surface area (Å²) in [7, 11) is 1.71. The lowest BCUT2D eigenvalue weighted by atomic mass is 9.95. The van der Waals surface area contributed by atoms with Gasteiger partial charge in [0.2, 0.25) is 0 Å². The van der Waals surface area contributed by atoms with Gasteiger partial charge in [0, 0.05) is 5.56 Å². The Labute approximate surface area is 133 Å². The van der Waals surface area contributed by atoms with Gasteiger partial charge in [-0.1, -0.05) is 70.5 Å². The molecule has 1 nitrogen and oxygen atoms in total. The Morgan fingerprint density at radius 3 is 2.24 bits per heavy atom. The molecular formula is C19H17BrO. The average Bonchev–Trinajstić information content (AvgIpc) is 2.55. The van der Waals surface area contributed by atoms with Gasteiger partial charge in [-0.15, -0.1) is 0 Å². The van der Waals surface area contributed by atoms with E-state index in [9.17, 15) is 0 Å². The van der Waals surface area contributed by atoms with Gasteiger partial charge in [0.05, 0.1) is 11.9 Å². The minimum Gasteiger partial charge on any atom is -0.496 e. The first kappa shape index (κ1) is 14.2. The summed E-state index contributed by atoms with van der Waals surface area (Å²) in [6.45, 7) is 2.15. The molecule has 0 aliphatic carbocycles. The maximum absolute atomic E-state index is 5.49. The van der Waals surface area contributed by atoms with E-state index >= 15 is 0 Å². The number of benzene rings is 3. The molecule has 0 heterocycles. The van der Waals surface area contributed by atoms with Crippen LogP contribution < -0.4 is 4.74 Å². The zero-order valence-corrected chi connectivity index (χ0v) is 13.7. The van der Waals surface area contributed by atoms with Crippen molar-refractivity contribution >= 4 is 26.7 Å². The molecule has 1 unspecified atom stereocenters. The SMILES string of the molecule is COc1ccccc1C(Br)c1ccc(C)c2ccccc12. The minimum absolute atomic E-state index is 0.110. The van der Waals surface area contributed by atoms with Crippen LogP contribution in [0, 0.1) is 6.92 Å². The second kappa shape index (κ2) is 5.90. The van der Waals surface area contributed by atoms with Crippen LogP contribution in [0.25, 0.3) is 10.8 Å². The van der Waals surface area contributed by atoms with E-state index in [0.29, 0.717) is 0 Å². The van der Waals surface area contributed by atoms with E-state index < -0.39 is 0 Å². The Balaban J connectivity index is 2.18. The van der Waals surface area contributed by atoms with Crippen molar-refractivity contribution in [2.75, 3.05) is 7.11 Å². The van der Waals surface area contributed by atoms with E-state index in [1.54, 1.807) is 7.11 Å². The molecule has 3 aromatic carbocycles. The number of methoxy groups -OCH3 is 1. The monoisotopic (exact) mass is 340 g/mol. The molecule has 0 aromatic heterocycles. The number of halogens is 1. The summed E-state index contributed by atoms with van der Waals surface area (Å²) >= 11 is 3.85. The van der Waals surface area contributed by atoms with Gasteiger partial charge in [0.15, 0.2) is 0 Å². The highest BCUT2D eigenvalue weighted by atomic mass is 79.9. The standard InChI is InChI=1S/C19H17BrO/c1-13-11-12-16(15-8-4-3-7-14(13)15)19(20)17-9-5-6-10-18(17)21-2/h3-12,19H,1-2H3. The van der Waals surface area contributed by atoms with Crippen LogP contribution >= 0.6 is 15.9 Å². The van der Waals surface area contributed by atoms with Crippen LogP contribution in [0.4, 0.5) is 0 Å². The van der Waals surface area contributed by atoms with Gasteiger partial charge in [-0.25, -0.2) is 0 Å². The van der Waals surface area contributed by atoms with Gasteiger partial charge >= 0.3 is 0 Å². The molecule has 0 saturated carbocycles. The highest BCUT2D eigenvalue weighted by Crippen LogP contribution is 2.39. The van der Waals surface area contributed by atoms with Crippen molar-refractivity contribution in [3.05, 3.63) is 77.4 Å². The fourth-order valence-corrected chi connectivity index (χ4v) is 3.51. The predicted octanol–water partition coefficient (Wildman–Crippen LogP) is 5.64. The Morgan fingerprint density at radius 1 is 0.810 bits per heavy atom. The normalized spacial score (nSPS) is 12.3. The third kappa shape index (κ3) is 2.56. The van der Waals surface area contributed by atoms with E-state index in [1.807, 2.05) is 18.2 Å². The van der Waals surface area contributed by atoms with Crippen LogP contribution in [0.3, 0.4) is 0 Å². The first-order valence-electron chi connectivity index (χ1n) is 6.97. The summed E-state index contributed by atoms with van der Waals surface area (Å²) < 4.78 is 5.49. The number of hydrogen-bond donors (Lipinski definition) is 0. The molecular weight excluding hydrogens is 324 g/mol. The van der Waals surface area contributed by atoms with Gasteiger partial charge < -0.3 is 4.74 Å². The van der Waals surface area contributed by atoms with Crippen molar-refractivity contribution in [1.29, 1.82) is 0 Å². The molecule has 0 spiro atoms. The second-order valence-corrected chi connectivity index (χ2v) is 6.04. The Kier molecular flexibility index (Phi) is 3.98. The summed E-state index contributed by atoms with van der Waals surface area (Å²) in [5.74, 6) is 0.907.